The number of alkyl halides is 3. The third-order valence-electron chi connectivity index (χ3n) is 0.231. The van der Waals surface area contributed by atoms with E-state index in [4.69, 9.17) is 19.8 Å². The zero-order chi connectivity index (χ0) is 9.65. The second-order valence-corrected chi connectivity index (χ2v) is 1.28. The number of halogens is 3. The van der Waals surface area contributed by atoms with Crippen molar-refractivity contribution in [1.29, 1.82) is 0 Å². The number of aliphatic carboxylic acids is 2. The van der Waals surface area contributed by atoms with Crippen LogP contribution in [-0.2, 0) is 32.0 Å². The van der Waals surface area contributed by atoms with Crippen molar-refractivity contribution in [2.24, 2.45) is 0 Å². The summed E-state index contributed by atoms with van der Waals surface area (Å²) in [7, 11) is 0. The Balaban J connectivity index is -0.0000000600. The van der Waals surface area contributed by atoms with Gasteiger partial charge in [0.2, 0.25) is 0 Å². The van der Waals surface area contributed by atoms with Crippen molar-refractivity contribution in [2.75, 3.05) is 0 Å². The molecule has 0 bridgehead atoms. The largest absolute Gasteiger partial charge is 3.00 e. The normalized spacial score (nSPS) is 8.00. The maximum atomic E-state index is 10.5. The molecule has 82 valence electrons. The van der Waals surface area contributed by atoms with E-state index in [0.29, 0.717) is 0 Å². The van der Waals surface area contributed by atoms with Crippen LogP contribution in [0, 0.1) is 0 Å². The van der Waals surface area contributed by atoms with E-state index in [2.05, 4.69) is 0 Å². The molecule has 0 aliphatic carbocycles. The van der Waals surface area contributed by atoms with Gasteiger partial charge < -0.3 is 25.3 Å². The zero-order valence-electron chi connectivity index (χ0n) is 6.02. The molecule has 0 heterocycles. The molecule has 13 heavy (non-hydrogen) atoms. The van der Waals surface area contributed by atoms with Gasteiger partial charge in [-0.05, 0) is 6.92 Å². The predicted molar refractivity (Wildman–Crippen MR) is 23.7 cm³/mol. The third-order valence-corrected chi connectivity index (χ3v) is 0.231. The van der Waals surface area contributed by atoms with E-state index in [0.717, 1.165) is 6.92 Å². The number of hydrogen-bond acceptors (Lipinski definition) is 5. The van der Waals surface area contributed by atoms with Gasteiger partial charge in [0, 0.05) is 5.97 Å². The van der Waals surface area contributed by atoms with Gasteiger partial charge in [0.05, 0.1) is 0 Å². The standard InChI is InChI=1S/C2HF3O2.C2H4O2.Au.H2O/c3-2(4,5)1(6)7;1-2(3)4;;/h(H,6,7);1H3,(H,3,4);;1H2/q;;+3;/p-3. The number of rotatable bonds is 0. The summed E-state index contributed by atoms with van der Waals surface area (Å²) < 4.78 is 31.5. The Morgan fingerprint density at radius 3 is 1.23 bits per heavy atom. The van der Waals surface area contributed by atoms with Crippen molar-refractivity contribution in [3.63, 3.8) is 0 Å². The van der Waals surface area contributed by atoms with Gasteiger partial charge in [-0.2, -0.15) is 13.2 Å². The maximum absolute atomic E-state index is 10.5. The molecular formula is C4H4AuF3O5. The van der Waals surface area contributed by atoms with Gasteiger partial charge in [-0.3, -0.25) is 0 Å². The molecule has 0 unspecified atom stereocenters. The van der Waals surface area contributed by atoms with E-state index in [-0.39, 0.29) is 27.9 Å². The van der Waals surface area contributed by atoms with Crippen LogP contribution in [0.15, 0.2) is 0 Å². The quantitative estimate of drug-likeness (QED) is 0.442. The van der Waals surface area contributed by atoms with Gasteiger partial charge in [-0.1, -0.05) is 0 Å². The molecule has 0 saturated heterocycles. The molecular weight excluding hydrogens is 382 g/mol. The van der Waals surface area contributed by atoms with E-state index in [1.54, 1.807) is 0 Å². The number of hydrogen-bond donors (Lipinski definition) is 0. The predicted octanol–water partition coefficient (Wildman–Crippen LogP) is -2.12. The fraction of sp³-hybridized carbons (Fsp3) is 0.500. The first-order chi connectivity index (χ1) is 4.68. The first-order valence-electron chi connectivity index (χ1n) is 2.13. The maximum Gasteiger partial charge on any atom is 3.00 e. The fourth-order valence-corrected chi connectivity index (χ4v) is 0. The van der Waals surface area contributed by atoms with Crippen LogP contribution >= 0.6 is 0 Å². The summed E-state index contributed by atoms with van der Waals surface area (Å²) in [6.45, 7) is 0.972. The Labute approximate surface area is 86.4 Å². The average molecular weight is 386 g/mol. The van der Waals surface area contributed by atoms with Crippen molar-refractivity contribution >= 4 is 11.9 Å². The second kappa shape index (κ2) is 9.52. The number of carboxylic acids is 2. The molecule has 0 aromatic heterocycles. The molecule has 0 atom stereocenters. The molecule has 0 aromatic carbocycles. The van der Waals surface area contributed by atoms with Gasteiger partial charge >= 0.3 is 28.6 Å². The second-order valence-electron chi connectivity index (χ2n) is 1.28. The summed E-state index contributed by atoms with van der Waals surface area (Å²) in [4.78, 5) is 17.7. The summed E-state index contributed by atoms with van der Waals surface area (Å²) in [5, 5.41) is 17.7. The van der Waals surface area contributed by atoms with Crippen LogP contribution in [0.3, 0.4) is 0 Å². The number of carbonyl (C=O) groups excluding carboxylic acids is 2. The fourth-order valence-electron chi connectivity index (χ4n) is 0. The van der Waals surface area contributed by atoms with Crippen LogP contribution in [-0.4, -0.2) is 23.6 Å². The van der Waals surface area contributed by atoms with Gasteiger partial charge in [0.15, 0.2) is 0 Å². The van der Waals surface area contributed by atoms with Crippen LogP contribution in [0.25, 0.3) is 0 Å². The van der Waals surface area contributed by atoms with Crippen molar-refractivity contribution in [2.45, 2.75) is 13.1 Å². The minimum Gasteiger partial charge on any atom is -0.870 e. The molecule has 0 fully saturated rings. The Morgan fingerprint density at radius 2 is 1.23 bits per heavy atom. The topological polar surface area (TPSA) is 110 Å². The molecule has 9 heteroatoms. The summed E-state index contributed by atoms with van der Waals surface area (Å²) in [5.74, 6) is -4.09. The first-order valence-corrected chi connectivity index (χ1v) is 2.13. The minimum absolute atomic E-state index is 0. The zero-order valence-corrected chi connectivity index (χ0v) is 8.18. The smallest absolute Gasteiger partial charge is 0.870 e. The minimum atomic E-state index is -5.19. The van der Waals surface area contributed by atoms with Gasteiger partial charge in [-0.25, -0.2) is 0 Å². The molecule has 0 spiro atoms. The van der Waals surface area contributed by atoms with E-state index >= 15 is 0 Å². The van der Waals surface area contributed by atoms with Crippen LogP contribution in [0.2, 0.25) is 0 Å². The van der Waals surface area contributed by atoms with Crippen molar-refractivity contribution in [1.82, 2.24) is 0 Å². The Bertz CT molecular complexity index is 152. The summed E-state index contributed by atoms with van der Waals surface area (Å²) >= 11 is 0. The monoisotopic (exact) mass is 386 g/mol. The van der Waals surface area contributed by atoms with E-state index in [9.17, 15) is 13.2 Å². The average Bonchev–Trinajstić information content (AvgIpc) is 1.59. The SMILES string of the molecule is CC(=O)[O-].O=C([O-])C(F)(F)F.[Au+3].[OH-]. The van der Waals surface area contributed by atoms with Gasteiger partial charge in [0.1, 0.15) is 5.97 Å². The van der Waals surface area contributed by atoms with E-state index in [1.165, 1.54) is 0 Å². The number of carbonyl (C=O) groups is 2. The van der Waals surface area contributed by atoms with Crippen LogP contribution < -0.4 is 10.2 Å². The Kier molecular flexibility index (Phi) is 16.7. The molecule has 5 nitrogen and oxygen atoms in total. The molecule has 1 N–H and O–H groups in total. The van der Waals surface area contributed by atoms with Crippen LogP contribution in [0.1, 0.15) is 6.92 Å². The first kappa shape index (κ1) is 22.9. The Hall–Kier alpha value is -0.570. The Morgan fingerprint density at radius 1 is 1.15 bits per heavy atom. The van der Waals surface area contributed by atoms with E-state index < -0.39 is 18.1 Å². The third kappa shape index (κ3) is 34.5. The molecule has 0 amide bonds. The van der Waals surface area contributed by atoms with Crippen LogP contribution in [0.5, 0.6) is 0 Å². The molecule has 0 saturated carbocycles. The number of carboxylic acid groups (broad SMARTS) is 2. The van der Waals surface area contributed by atoms with Crippen molar-refractivity contribution < 1.29 is 60.8 Å². The molecule has 0 aliphatic heterocycles. The molecule has 0 aliphatic rings. The van der Waals surface area contributed by atoms with Gasteiger partial charge in [0.25, 0.3) is 0 Å². The van der Waals surface area contributed by atoms with Crippen molar-refractivity contribution in [3.8, 4) is 0 Å². The molecule has 0 rings (SSSR count). The molecule has 0 aromatic rings. The molecule has 0 radical (unpaired) electrons. The summed E-state index contributed by atoms with van der Waals surface area (Å²) in [5.41, 5.74) is 0. The summed E-state index contributed by atoms with van der Waals surface area (Å²) in [6.07, 6.45) is -5.19. The van der Waals surface area contributed by atoms with Crippen LogP contribution in [0.4, 0.5) is 13.2 Å². The summed E-state index contributed by atoms with van der Waals surface area (Å²) in [6, 6.07) is 0. The van der Waals surface area contributed by atoms with Crippen molar-refractivity contribution in [3.05, 3.63) is 0 Å². The van der Waals surface area contributed by atoms with Gasteiger partial charge in [-0.15, -0.1) is 0 Å². The van der Waals surface area contributed by atoms with E-state index in [1.807, 2.05) is 0 Å².